The second kappa shape index (κ2) is 9.04. The Kier molecular flexibility index (Phi) is 5.99. The van der Waals surface area contributed by atoms with Crippen LogP contribution in [0.15, 0.2) is 66.7 Å². The third-order valence-corrected chi connectivity index (χ3v) is 5.67. The first-order valence-electron chi connectivity index (χ1n) is 10.3. The molecule has 0 bridgehead atoms. The highest BCUT2D eigenvalue weighted by atomic mass is 16.6. The van der Waals surface area contributed by atoms with Gasteiger partial charge in [0.1, 0.15) is 0 Å². The zero-order valence-electron chi connectivity index (χ0n) is 17.9. The van der Waals surface area contributed by atoms with Gasteiger partial charge in [0, 0.05) is 17.2 Å². The standard InChI is InChI=1S/C25H21N3O5/c1-33-23(26)19-12-7-16(8-13-19)6-10-18-11-9-17(14-22(18)28(31)32)15-27-24(29)20-4-2-3-5-21(20)25(27)30/h2-5,7-9,11-14,26H,6,10,15H2,1H3. The lowest BCUT2D eigenvalue weighted by atomic mass is 10.0. The second-order valence-corrected chi connectivity index (χ2v) is 7.69. The minimum atomic E-state index is -0.440. The van der Waals surface area contributed by atoms with Crippen molar-refractivity contribution in [2.45, 2.75) is 19.4 Å². The molecular formula is C25H21N3O5. The lowest BCUT2D eigenvalue weighted by molar-refractivity contribution is -0.385. The molecule has 0 fully saturated rings. The fourth-order valence-corrected chi connectivity index (χ4v) is 3.87. The third-order valence-electron chi connectivity index (χ3n) is 5.67. The van der Waals surface area contributed by atoms with Crippen molar-refractivity contribution in [2.75, 3.05) is 7.11 Å². The monoisotopic (exact) mass is 443 g/mol. The molecule has 0 radical (unpaired) electrons. The molecule has 0 spiro atoms. The molecule has 1 heterocycles. The van der Waals surface area contributed by atoms with E-state index in [0.717, 1.165) is 10.5 Å². The number of nitro groups is 1. The lowest BCUT2D eigenvalue weighted by Gasteiger charge is -2.14. The average molecular weight is 443 g/mol. The van der Waals surface area contributed by atoms with Crippen LogP contribution in [0.25, 0.3) is 0 Å². The summed E-state index contributed by atoms with van der Waals surface area (Å²) in [7, 11) is 1.44. The largest absolute Gasteiger partial charge is 0.481 e. The molecule has 1 aliphatic heterocycles. The Morgan fingerprint density at radius 3 is 2.12 bits per heavy atom. The fraction of sp³-hybridized carbons (Fsp3) is 0.160. The third kappa shape index (κ3) is 4.36. The predicted molar refractivity (Wildman–Crippen MR) is 121 cm³/mol. The molecule has 0 saturated heterocycles. The number of methoxy groups -OCH3 is 1. The maximum absolute atomic E-state index is 12.6. The molecule has 2 amide bonds. The van der Waals surface area contributed by atoms with Crippen molar-refractivity contribution in [3.05, 3.63) is 110 Å². The van der Waals surface area contributed by atoms with Crippen LogP contribution >= 0.6 is 0 Å². The van der Waals surface area contributed by atoms with Gasteiger partial charge >= 0.3 is 0 Å². The van der Waals surface area contributed by atoms with Crippen molar-refractivity contribution in [3.63, 3.8) is 0 Å². The van der Waals surface area contributed by atoms with Gasteiger partial charge in [0.2, 0.25) is 5.90 Å². The Morgan fingerprint density at radius 2 is 1.55 bits per heavy atom. The van der Waals surface area contributed by atoms with Gasteiger partial charge in [0.15, 0.2) is 0 Å². The zero-order chi connectivity index (χ0) is 23.5. The maximum Gasteiger partial charge on any atom is 0.272 e. The van der Waals surface area contributed by atoms with Gasteiger partial charge in [0.25, 0.3) is 17.5 Å². The van der Waals surface area contributed by atoms with Crippen molar-refractivity contribution < 1.29 is 19.2 Å². The van der Waals surface area contributed by atoms with E-state index in [1.807, 2.05) is 12.1 Å². The molecule has 3 aromatic rings. The van der Waals surface area contributed by atoms with Crippen LogP contribution in [0.4, 0.5) is 5.69 Å². The summed E-state index contributed by atoms with van der Waals surface area (Å²) >= 11 is 0. The van der Waals surface area contributed by atoms with Gasteiger partial charge in [-0.15, -0.1) is 0 Å². The minimum absolute atomic E-state index is 0.0274. The van der Waals surface area contributed by atoms with Crippen LogP contribution in [0.5, 0.6) is 0 Å². The van der Waals surface area contributed by atoms with Gasteiger partial charge in [-0.2, -0.15) is 0 Å². The van der Waals surface area contributed by atoms with Gasteiger partial charge in [-0.1, -0.05) is 36.4 Å². The zero-order valence-corrected chi connectivity index (χ0v) is 17.9. The number of benzene rings is 3. The molecule has 4 rings (SSSR count). The van der Waals surface area contributed by atoms with Crippen molar-refractivity contribution in [2.24, 2.45) is 0 Å². The highest BCUT2D eigenvalue weighted by Crippen LogP contribution is 2.27. The van der Waals surface area contributed by atoms with E-state index in [9.17, 15) is 19.7 Å². The van der Waals surface area contributed by atoms with Gasteiger partial charge in [-0.25, -0.2) is 0 Å². The number of hydrogen-bond donors (Lipinski definition) is 1. The molecular weight excluding hydrogens is 422 g/mol. The summed E-state index contributed by atoms with van der Waals surface area (Å²) in [4.78, 5) is 37.6. The van der Waals surface area contributed by atoms with Crippen LogP contribution < -0.4 is 0 Å². The summed E-state index contributed by atoms with van der Waals surface area (Å²) in [5, 5.41) is 19.4. The number of rotatable bonds is 7. The van der Waals surface area contributed by atoms with E-state index in [-0.39, 0.29) is 18.1 Å². The van der Waals surface area contributed by atoms with E-state index < -0.39 is 16.7 Å². The molecule has 0 atom stereocenters. The van der Waals surface area contributed by atoms with Crippen LogP contribution in [0.3, 0.4) is 0 Å². The molecule has 1 N–H and O–H groups in total. The van der Waals surface area contributed by atoms with Crippen molar-refractivity contribution in [1.29, 1.82) is 5.41 Å². The van der Waals surface area contributed by atoms with E-state index in [0.29, 0.717) is 40.7 Å². The van der Waals surface area contributed by atoms with Crippen LogP contribution in [0.2, 0.25) is 0 Å². The van der Waals surface area contributed by atoms with Gasteiger partial charge in [-0.3, -0.25) is 30.0 Å². The van der Waals surface area contributed by atoms with Crippen LogP contribution in [0.1, 0.15) is 43.0 Å². The fourth-order valence-electron chi connectivity index (χ4n) is 3.87. The molecule has 1 aliphatic rings. The normalized spacial score (nSPS) is 12.6. The maximum atomic E-state index is 12.6. The average Bonchev–Trinajstić information content (AvgIpc) is 3.08. The van der Waals surface area contributed by atoms with Gasteiger partial charge < -0.3 is 4.74 Å². The number of fused-ring (bicyclic) bond motifs is 1. The molecule has 0 saturated carbocycles. The van der Waals surface area contributed by atoms with Crippen molar-refractivity contribution >= 4 is 23.4 Å². The lowest BCUT2D eigenvalue weighted by Crippen LogP contribution is -2.29. The number of amides is 2. The molecule has 8 heteroatoms. The number of carbonyl (C=O) groups excluding carboxylic acids is 2. The number of nitrogens with one attached hydrogen (secondary N) is 1. The smallest absolute Gasteiger partial charge is 0.272 e. The Hall–Kier alpha value is -4.33. The first-order valence-corrected chi connectivity index (χ1v) is 10.3. The van der Waals surface area contributed by atoms with E-state index in [1.165, 1.54) is 13.2 Å². The molecule has 3 aromatic carbocycles. The van der Waals surface area contributed by atoms with Crippen molar-refractivity contribution in [1.82, 2.24) is 4.90 Å². The number of aryl methyl sites for hydroxylation is 2. The molecule has 166 valence electrons. The van der Waals surface area contributed by atoms with Gasteiger partial charge in [0.05, 0.1) is 29.7 Å². The number of carbonyl (C=O) groups is 2. The Bertz CT molecular complexity index is 1230. The van der Waals surface area contributed by atoms with E-state index in [4.69, 9.17) is 10.1 Å². The SMILES string of the molecule is COC(=N)c1ccc(CCc2ccc(CN3C(=O)c4ccccc4C3=O)cc2[N+](=O)[O-])cc1. The van der Waals surface area contributed by atoms with Crippen LogP contribution in [-0.2, 0) is 24.1 Å². The highest BCUT2D eigenvalue weighted by molar-refractivity contribution is 6.21. The highest BCUT2D eigenvalue weighted by Gasteiger charge is 2.35. The van der Waals surface area contributed by atoms with Gasteiger partial charge in [-0.05, 0) is 48.2 Å². The first kappa shape index (κ1) is 21.9. The summed E-state index contributed by atoms with van der Waals surface area (Å²) in [5.41, 5.74) is 3.38. The number of nitrogens with zero attached hydrogens (tertiary/aromatic N) is 2. The number of imide groups is 1. The first-order chi connectivity index (χ1) is 15.9. The second-order valence-electron chi connectivity index (χ2n) is 7.69. The number of nitro benzene ring substituents is 1. The molecule has 0 aromatic heterocycles. The Balaban J connectivity index is 1.49. The summed E-state index contributed by atoms with van der Waals surface area (Å²) in [5.74, 6) is -0.717. The van der Waals surface area contributed by atoms with E-state index in [2.05, 4.69) is 0 Å². The van der Waals surface area contributed by atoms with Crippen molar-refractivity contribution in [3.8, 4) is 0 Å². The van der Waals surface area contributed by atoms with Crippen LogP contribution in [0, 0.1) is 15.5 Å². The predicted octanol–water partition coefficient (Wildman–Crippen LogP) is 4.15. The quantitative estimate of drug-likeness (QED) is 0.194. The summed E-state index contributed by atoms with van der Waals surface area (Å²) in [6.45, 7) is -0.0274. The summed E-state index contributed by atoms with van der Waals surface area (Å²) in [6, 6.07) is 18.7. The van der Waals surface area contributed by atoms with Crippen LogP contribution in [-0.4, -0.2) is 34.6 Å². The van der Waals surface area contributed by atoms with E-state index >= 15 is 0 Å². The molecule has 8 nitrogen and oxygen atoms in total. The molecule has 33 heavy (non-hydrogen) atoms. The Morgan fingerprint density at radius 1 is 0.939 bits per heavy atom. The number of ether oxygens (including phenoxy) is 1. The number of hydrogen-bond acceptors (Lipinski definition) is 6. The topological polar surface area (TPSA) is 114 Å². The summed E-state index contributed by atoms with van der Waals surface area (Å²) in [6.07, 6.45) is 1.03. The summed E-state index contributed by atoms with van der Waals surface area (Å²) < 4.78 is 4.90. The minimum Gasteiger partial charge on any atom is -0.481 e. The molecule has 0 aliphatic carbocycles. The molecule has 0 unspecified atom stereocenters. The van der Waals surface area contributed by atoms with E-state index in [1.54, 1.807) is 48.5 Å². The Labute approximate surface area is 190 Å².